The predicted molar refractivity (Wildman–Crippen MR) is 232 cm³/mol. The number of aryl methyl sites for hydroxylation is 4. The maximum atomic E-state index is 13.8. The highest BCUT2D eigenvalue weighted by atomic mass is 16.7. The lowest BCUT2D eigenvalue weighted by Crippen LogP contribution is -2.58. The van der Waals surface area contributed by atoms with Crippen LogP contribution in [0.1, 0.15) is 47.9 Å². The van der Waals surface area contributed by atoms with Gasteiger partial charge in [-0.2, -0.15) is 0 Å². The summed E-state index contributed by atoms with van der Waals surface area (Å²) in [4.78, 5) is 67.6. The second-order valence-corrected chi connectivity index (χ2v) is 15.6. The quantitative estimate of drug-likeness (QED) is 0.0554. The lowest BCUT2D eigenvalue weighted by molar-refractivity contribution is -0.275. The molecule has 4 atom stereocenters. The fourth-order valence-corrected chi connectivity index (χ4v) is 8.35. The van der Waals surface area contributed by atoms with E-state index >= 15 is 0 Å². The highest BCUT2D eigenvalue weighted by Crippen LogP contribution is 2.29. The van der Waals surface area contributed by atoms with Crippen LogP contribution in [0, 0.1) is 0 Å². The van der Waals surface area contributed by atoms with Crippen molar-refractivity contribution in [2.45, 2.75) is 76.0 Å². The molecule has 1 saturated heterocycles. The fourth-order valence-electron chi connectivity index (χ4n) is 8.35. The number of rotatable bonds is 16. The highest BCUT2D eigenvalue weighted by Gasteiger charge is 2.49. The molecular weight excluding hydrogens is 789 g/mol. The fraction of sp³-hybridized carbons (Fsp3) is 0.265. The van der Waals surface area contributed by atoms with Crippen molar-refractivity contribution in [3.63, 3.8) is 0 Å². The van der Waals surface area contributed by atoms with Crippen molar-refractivity contribution in [2.75, 3.05) is 6.61 Å². The van der Waals surface area contributed by atoms with Crippen LogP contribution in [-0.4, -0.2) is 75.0 Å². The van der Waals surface area contributed by atoms with Gasteiger partial charge >= 0.3 is 23.9 Å². The Kier molecular flexibility index (Phi) is 11.9. The van der Waals surface area contributed by atoms with Crippen molar-refractivity contribution in [1.82, 2.24) is 19.9 Å². The van der Waals surface area contributed by atoms with E-state index in [2.05, 4.69) is 19.9 Å². The average molecular weight is 835 g/mol. The normalized spacial score (nSPS) is 17.7. The summed E-state index contributed by atoms with van der Waals surface area (Å²) in [6, 6.07) is 31.1. The standard InChI is InChI=1S/C49H46N4O9/c54-43(21-17-30-25-50-38-13-5-1-9-34(30)38)59-42-29-58-49(62-46(57)24-20-33-28-53-41-16-8-4-12-37(33)41)48(61-45(56)23-19-32-27-52-40-15-7-3-11-36(32)40)47(42)60-44(55)22-18-31-26-51-39-14-6-2-10-35(31)39/h1-16,25-28,42,47-53H,17-24,29H2. The zero-order chi connectivity index (χ0) is 42.4. The Labute approximate surface area is 356 Å². The Balaban J connectivity index is 0.946. The molecule has 4 unspecified atom stereocenters. The first-order valence-corrected chi connectivity index (χ1v) is 21.0. The van der Waals surface area contributed by atoms with Crippen molar-refractivity contribution >= 4 is 67.5 Å². The van der Waals surface area contributed by atoms with E-state index < -0.39 is 48.5 Å². The zero-order valence-corrected chi connectivity index (χ0v) is 33.9. The summed E-state index contributed by atoms with van der Waals surface area (Å²) in [5.41, 5.74) is 7.49. The highest BCUT2D eigenvalue weighted by molar-refractivity contribution is 5.86. The Morgan fingerprint density at radius 3 is 1.15 bits per heavy atom. The Hall–Kier alpha value is -7.12. The molecule has 4 aromatic carbocycles. The number of carbonyl (C=O) groups is 4. The monoisotopic (exact) mass is 834 g/mol. The summed E-state index contributed by atoms with van der Waals surface area (Å²) in [7, 11) is 0. The van der Waals surface area contributed by atoms with E-state index in [1.165, 1.54) is 0 Å². The van der Waals surface area contributed by atoms with Crippen LogP contribution in [-0.2, 0) is 68.5 Å². The van der Waals surface area contributed by atoms with Gasteiger partial charge in [0.25, 0.3) is 0 Å². The topological polar surface area (TPSA) is 178 Å². The number of H-pyrrole nitrogens is 4. The Morgan fingerprint density at radius 2 is 0.758 bits per heavy atom. The van der Waals surface area contributed by atoms with E-state index in [9.17, 15) is 19.2 Å². The smallest absolute Gasteiger partial charge is 0.308 e. The van der Waals surface area contributed by atoms with Gasteiger partial charge in [0, 0.05) is 94.1 Å². The van der Waals surface area contributed by atoms with Crippen molar-refractivity contribution in [3.8, 4) is 0 Å². The number of nitrogens with one attached hydrogen (secondary N) is 4. The number of carbonyl (C=O) groups excluding carboxylic acids is 4. The number of hydrogen-bond acceptors (Lipinski definition) is 9. The SMILES string of the molecule is O=C(CCc1c[nH]c2ccccc12)OC1COC(OC(=O)CCc2c[nH]c3ccccc23)C(OC(=O)CCc2c[nH]c3ccccc23)C1OC(=O)CCc1c[nH]c2ccccc12. The van der Waals surface area contributed by atoms with Crippen LogP contribution >= 0.6 is 0 Å². The van der Waals surface area contributed by atoms with Crippen LogP contribution < -0.4 is 0 Å². The molecule has 62 heavy (non-hydrogen) atoms. The van der Waals surface area contributed by atoms with E-state index in [4.69, 9.17) is 23.7 Å². The van der Waals surface area contributed by atoms with Gasteiger partial charge in [-0.15, -0.1) is 0 Å². The molecule has 1 aliphatic heterocycles. The van der Waals surface area contributed by atoms with Crippen molar-refractivity contribution < 1.29 is 42.9 Å². The number of esters is 4. The number of benzene rings is 4. The van der Waals surface area contributed by atoms with Gasteiger partial charge in [-0.25, -0.2) is 0 Å². The van der Waals surface area contributed by atoms with Gasteiger partial charge in [-0.3, -0.25) is 19.2 Å². The minimum atomic E-state index is -1.46. The van der Waals surface area contributed by atoms with E-state index in [1.54, 1.807) is 0 Å². The third kappa shape index (κ3) is 8.98. The van der Waals surface area contributed by atoms with E-state index in [0.29, 0.717) is 25.7 Å². The van der Waals surface area contributed by atoms with Gasteiger partial charge < -0.3 is 43.6 Å². The van der Waals surface area contributed by atoms with Crippen LogP contribution in [0.2, 0.25) is 0 Å². The van der Waals surface area contributed by atoms with E-state index in [1.807, 2.05) is 122 Å². The second kappa shape index (κ2) is 18.2. The van der Waals surface area contributed by atoms with E-state index in [-0.39, 0.29) is 32.3 Å². The molecule has 0 amide bonds. The van der Waals surface area contributed by atoms with Gasteiger partial charge in [0.15, 0.2) is 12.2 Å². The number of aromatic amines is 4. The molecule has 5 heterocycles. The van der Waals surface area contributed by atoms with Crippen LogP contribution in [0.25, 0.3) is 43.6 Å². The first kappa shape index (κ1) is 40.3. The summed E-state index contributed by atoms with van der Waals surface area (Å²) >= 11 is 0. The molecule has 0 spiro atoms. The molecule has 8 aromatic rings. The molecule has 0 aliphatic carbocycles. The van der Waals surface area contributed by atoms with Crippen molar-refractivity contribution in [1.29, 1.82) is 0 Å². The Bertz CT molecular complexity index is 2670. The van der Waals surface area contributed by atoms with Crippen LogP contribution in [0.3, 0.4) is 0 Å². The summed E-state index contributed by atoms with van der Waals surface area (Å²) in [6.45, 7) is -0.289. The Morgan fingerprint density at radius 1 is 0.435 bits per heavy atom. The minimum absolute atomic E-state index is 0.00966. The van der Waals surface area contributed by atoms with E-state index in [0.717, 1.165) is 65.9 Å². The molecule has 13 heteroatoms. The van der Waals surface area contributed by atoms with Crippen molar-refractivity contribution in [3.05, 3.63) is 144 Å². The average Bonchev–Trinajstić information content (AvgIpc) is 4.10. The molecule has 4 aromatic heterocycles. The molecule has 0 saturated carbocycles. The summed E-state index contributed by atoms with van der Waals surface area (Å²) in [6.07, 6.45) is 3.33. The van der Waals surface area contributed by atoms with Crippen molar-refractivity contribution in [2.24, 2.45) is 0 Å². The molecule has 1 aliphatic rings. The second-order valence-electron chi connectivity index (χ2n) is 15.6. The maximum Gasteiger partial charge on any atom is 0.308 e. The first-order chi connectivity index (χ1) is 30.4. The largest absolute Gasteiger partial charge is 0.456 e. The third-order valence-electron chi connectivity index (χ3n) is 11.5. The molecule has 9 rings (SSSR count). The summed E-state index contributed by atoms with van der Waals surface area (Å²) < 4.78 is 30.2. The zero-order valence-electron chi connectivity index (χ0n) is 33.9. The number of fused-ring (bicyclic) bond motifs is 4. The number of aromatic nitrogens is 4. The van der Waals surface area contributed by atoms with Crippen LogP contribution in [0.4, 0.5) is 0 Å². The predicted octanol–water partition coefficient (Wildman–Crippen LogP) is 8.08. The number of ether oxygens (including phenoxy) is 5. The molecule has 13 nitrogen and oxygen atoms in total. The van der Waals surface area contributed by atoms with Gasteiger partial charge in [-0.1, -0.05) is 72.8 Å². The molecule has 1 fully saturated rings. The van der Waals surface area contributed by atoms with Gasteiger partial charge in [-0.05, 0) is 72.2 Å². The summed E-state index contributed by atoms with van der Waals surface area (Å²) in [5.74, 6) is -2.44. The van der Waals surface area contributed by atoms with Crippen LogP contribution in [0.5, 0.6) is 0 Å². The van der Waals surface area contributed by atoms with Gasteiger partial charge in [0.05, 0.1) is 6.61 Å². The minimum Gasteiger partial charge on any atom is -0.456 e. The lowest BCUT2D eigenvalue weighted by Gasteiger charge is -2.40. The molecule has 0 radical (unpaired) electrons. The lowest BCUT2D eigenvalue weighted by atomic mass is 10.0. The number of hydrogen-bond donors (Lipinski definition) is 4. The summed E-state index contributed by atoms with van der Waals surface area (Å²) in [5, 5.41) is 3.95. The van der Waals surface area contributed by atoms with Crippen LogP contribution in [0.15, 0.2) is 122 Å². The molecule has 4 N–H and O–H groups in total. The van der Waals surface area contributed by atoms with Gasteiger partial charge in [0.1, 0.15) is 0 Å². The van der Waals surface area contributed by atoms with Gasteiger partial charge in [0.2, 0.25) is 12.4 Å². The molecule has 0 bridgehead atoms. The first-order valence-electron chi connectivity index (χ1n) is 21.0. The number of para-hydroxylation sites is 4. The maximum absolute atomic E-state index is 13.8. The third-order valence-corrected chi connectivity index (χ3v) is 11.5. The molecule has 316 valence electrons. The molecular formula is C49H46N4O9.